The number of nitrogens with zero attached hydrogens (tertiary/aromatic N) is 3. The summed E-state index contributed by atoms with van der Waals surface area (Å²) in [5.74, 6) is -0.200. The van der Waals surface area contributed by atoms with Crippen molar-refractivity contribution in [2.45, 2.75) is 38.4 Å². The highest BCUT2D eigenvalue weighted by molar-refractivity contribution is 6.31. The number of fused-ring (bicyclic) bond motifs is 2. The minimum Gasteiger partial charge on any atom is -0.408 e. The molecule has 1 atom stereocenters. The number of halogens is 1. The van der Waals surface area contributed by atoms with Gasteiger partial charge in [-0.05, 0) is 25.0 Å². The third-order valence-corrected chi connectivity index (χ3v) is 4.79. The van der Waals surface area contributed by atoms with Crippen molar-refractivity contribution in [3.63, 3.8) is 0 Å². The van der Waals surface area contributed by atoms with Gasteiger partial charge in [0.2, 0.25) is 5.91 Å². The standard InChI is InChI=1S/C16H16ClN5O4/c17-9-1-3-11-12(7-9)26-16(25)22(11)8-14(23)18-10-2-4-13-19-20-15(24)21(13)6-5-10/h1,3,7,10H,2,4-6,8H2,(H,18,23)(H,20,24). The number of benzene rings is 1. The fourth-order valence-corrected chi connectivity index (χ4v) is 3.42. The van der Waals surface area contributed by atoms with Crippen LogP contribution in [0.25, 0.3) is 11.1 Å². The lowest BCUT2D eigenvalue weighted by atomic mass is 10.1. The predicted molar refractivity (Wildman–Crippen MR) is 93.2 cm³/mol. The minimum absolute atomic E-state index is 0.0908. The first-order valence-corrected chi connectivity index (χ1v) is 8.61. The third-order valence-electron chi connectivity index (χ3n) is 4.55. The molecule has 1 aliphatic rings. The smallest absolute Gasteiger partial charge is 0.408 e. The molecule has 1 unspecified atom stereocenters. The number of aryl methyl sites for hydroxylation is 1. The van der Waals surface area contributed by atoms with Gasteiger partial charge in [0.25, 0.3) is 0 Å². The lowest BCUT2D eigenvalue weighted by Crippen LogP contribution is -2.38. The molecule has 9 nitrogen and oxygen atoms in total. The van der Waals surface area contributed by atoms with Crippen LogP contribution in [0, 0.1) is 0 Å². The fourth-order valence-electron chi connectivity index (χ4n) is 3.26. The summed E-state index contributed by atoms with van der Waals surface area (Å²) in [6.45, 7) is 0.345. The molecule has 10 heteroatoms. The highest BCUT2D eigenvalue weighted by atomic mass is 35.5. The normalized spacial score (nSPS) is 17.0. The van der Waals surface area contributed by atoms with Crippen LogP contribution in [0.15, 0.2) is 32.2 Å². The molecule has 4 rings (SSSR count). The number of aromatic nitrogens is 4. The Bertz CT molecular complexity index is 1090. The SMILES string of the molecule is O=C(Cn1c(=O)oc2cc(Cl)ccc21)NC1CCc2n[nH]c(=O)n2CC1. The molecule has 3 heterocycles. The van der Waals surface area contributed by atoms with Crippen molar-refractivity contribution < 1.29 is 9.21 Å². The van der Waals surface area contributed by atoms with Crippen LogP contribution in [0.5, 0.6) is 0 Å². The van der Waals surface area contributed by atoms with E-state index in [0.717, 1.165) is 0 Å². The summed E-state index contributed by atoms with van der Waals surface area (Å²) in [6, 6.07) is 4.73. The summed E-state index contributed by atoms with van der Waals surface area (Å²) in [6.07, 6.45) is 1.89. The Morgan fingerprint density at radius 3 is 3.08 bits per heavy atom. The summed E-state index contributed by atoms with van der Waals surface area (Å²) < 4.78 is 7.99. The van der Waals surface area contributed by atoms with E-state index in [2.05, 4.69) is 15.5 Å². The molecule has 26 heavy (non-hydrogen) atoms. The van der Waals surface area contributed by atoms with Gasteiger partial charge in [0.1, 0.15) is 12.4 Å². The summed E-state index contributed by atoms with van der Waals surface area (Å²) >= 11 is 5.89. The molecule has 1 aromatic carbocycles. The lowest BCUT2D eigenvalue weighted by molar-refractivity contribution is -0.122. The molecular formula is C16H16ClN5O4. The van der Waals surface area contributed by atoms with E-state index >= 15 is 0 Å². The quantitative estimate of drug-likeness (QED) is 0.695. The number of nitrogens with one attached hydrogen (secondary N) is 2. The van der Waals surface area contributed by atoms with Gasteiger partial charge in [-0.1, -0.05) is 11.6 Å². The van der Waals surface area contributed by atoms with E-state index in [1.54, 1.807) is 16.7 Å². The van der Waals surface area contributed by atoms with Crippen molar-refractivity contribution in [3.8, 4) is 0 Å². The third kappa shape index (κ3) is 3.05. The molecule has 0 aliphatic carbocycles. The molecule has 0 fully saturated rings. The van der Waals surface area contributed by atoms with Gasteiger partial charge in [-0.2, -0.15) is 5.10 Å². The van der Waals surface area contributed by atoms with Gasteiger partial charge in [-0.25, -0.2) is 14.7 Å². The lowest BCUT2D eigenvalue weighted by Gasteiger charge is -2.16. The Morgan fingerprint density at radius 1 is 1.38 bits per heavy atom. The van der Waals surface area contributed by atoms with E-state index in [-0.39, 0.29) is 24.2 Å². The molecule has 0 radical (unpaired) electrons. The van der Waals surface area contributed by atoms with Crippen LogP contribution < -0.4 is 16.8 Å². The monoisotopic (exact) mass is 377 g/mol. The van der Waals surface area contributed by atoms with E-state index in [4.69, 9.17) is 16.0 Å². The van der Waals surface area contributed by atoms with Crippen molar-refractivity contribution in [2.75, 3.05) is 0 Å². The Morgan fingerprint density at radius 2 is 2.23 bits per heavy atom. The summed E-state index contributed by atoms with van der Waals surface area (Å²) in [5, 5.41) is 9.80. The van der Waals surface area contributed by atoms with Gasteiger partial charge in [0.05, 0.1) is 5.52 Å². The molecule has 1 amide bonds. The predicted octanol–water partition coefficient (Wildman–Crippen LogP) is 0.654. The first-order valence-electron chi connectivity index (χ1n) is 8.23. The number of hydrogen-bond acceptors (Lipinski definition) is 5. The second-order valence-corrected chi connectivity index (χ2v) is 6.69. The number of rotatable bonds is 3. The van der Waals surface area contributed by atoms with Gasteiger partial charge in [-0.3, -0.25) is 13.9 Å². The van der Waals surface area contributed by atoms with Crippen LogP contribution in [-0.2, 0) is 24.3 Å². The Hall–Kier alpha value is -2.81. The maximum absolute atomic E-state index is 12.4. The van der Waals surface area contributed by atoms with Crippen LogP contribution in [0.1, 0.15) is 18.7 Å². The molecular weight excluding hydrogens is 362 g/mol. The summed E-state index contributed by atoms with van der Waals surface area (Å²) in [7, 11) is 0. The highest BCUT2D eigenvalue weighted by Crippen LogP contribution is 2.18. The topological polar surface area (TPSA) is 115 Å². The number of carbonyl (C=O) groups is 1. The molecule has 0 spiro atoms. The number of oxazole rings is 1. The minimum atomic E-state index is -0.607. The first kappa shape index (κ1) is 16.6. The van der Waals surface area contributed by atoms with E-state index in [9.17, 15) is 14.4 Å². The Balaban J connectivity index is 1.46. The van der Waals surface area contributed by atoms with E-state index in [0.29, 0.717) is 47.8 Å². The maximum Gasteiger partial charge on any atom is 0.420 e. The van der Waals surface area contributed by atoms with Gasteiger partial charge < -0.3 is 9.73 Å². The van der Waals surface area contributed by atoms with Crippen molar-refractivity contribution >= 4 is 28.6 Å². The molecule has 2 aromatic heterocycles. The van der Waals surface area contributed by atoms with E-state index < -0.39 is 5.76 Å². The second-order valence-electron chi connectivity index (χ2n) is 6.25. The molecule has 0 saturated carbocycles. The zero-order valence-electron chi connectivity index (χ0n) is 13.7. The van der Waals surface area contributed by atoms with Crippen LogP contribution >= 0.6 is 11.6 Å². The number of carbonyl (C=O) groups excluding carboxylic acids is 1. The average molecular weight is 378 g/mol. The summed E-state index contributed by atoms with van der Waals surface area (Å²) in [5.41, 5.74) is 0.624. The van der Waals surface area contributed by atoms with Crippen LogP contribution in [0.2, 0.25) is 5.02 Å². The maximum atomic E-state index is 12.4. The molecule has 1 aliphatic heterocycles. The summed E-state index contributed by atoms with van der Waals surface area (Å²) in [4.78, 5) is 36.1. The second kappa shape index (κ2) is 6.49. The van der Waals surface area contributed by atoms with Gasteiger partial charge in [0, 0.05) is 30.1 Å². The highest BCUT2D eigenvalue weighted by Gasteiger charge is 2.21. The Labute approximate surface area is 151 Å². The number of amides is 1. The van der Waals surface area contributed by atoms with Crippen molar-refractivity contribution in [3.05, 3.63) is 50.1 Å². The van der Waals surface area contributed by atoms with E-state index in [1.165, 1.54) is 10.6 Å². The number of aromatic amines is 1. The number of hydrogen-bond donors (Lipinski definition) is 2. The fraction of sp³-hybridized carbons (Fsp3) is 0.375. The van der Waals surface area contributed by atoms with Crippen molar-refractivity contribution in [1.82, 2.24) is 24.6 Å². The molecule has 3 aromatic rings. The van der Waals surface area contributed by atoms with Gasteiger partial charge in [-0.15, -0.1) is 0 Å². The molecule has 2 N–H and O–H groups in total. The molecule has 0 bridgehead atoms. The largest absolute Gasteiger partial charge is 0.420 e. The average Bonchev–Trinajstić information content (AvgIpc) is 3.01. The molecule has 0 saturated heterocycles. The number of H-pyrrole nitrogens is 1. The first-order chi connectivity index (χ1) is 12.5. The van der Waals surface area contributed by atoms with Crippen molar-refractivity contribution in [1.29, 1.82) is 0 Å². The van der Waals surface area contributed by atoms with Crippen LogP contribution in [-0.4, -0.2) is 31.3 Å². The zero-order chi connectivity index (χ0) is 18.3. The van der Waals surface area contributed by atoms with Crippen molar-refractivity contribution in [2.24, 2.45) is 0 Å². The van der Waals surface area contributed by atoms with E-state index in [1.807, 2.05) is 0 Å². The Kier molecular flexibility index (Phi) is 4.15. The van der Waals surface area contributed by atoms with Gasteiger partial charge >= 0.3 is 11.4 Å². The van der Waals surface area contributed by atoms with Gasteiger partial charge in [0.15, 0.2) is 5.58 Å². The van der Waals surface area contributed by atoms with Crippen LogP contribution in [0.4, 0.5) is 0 Å². The zero-order valence-corrected chi connectivity index (χ0v) is 14.5. The van der Waals surface area contributed by atoms with Crippen LogP contribution in [0.3, 0.4) is 0 Å². The molecule has 136 valence electrons.